The quantitative estimate of drug-likeness (QED) is 0.706. The van der Waals surface area contributed by atoms with Crippen LogP contribution in [0.2, 0.25) is 0 Å². The number of phenols is 1. The van der Waals surface area contributed by atoms with Gasteiger partial charge in [0, 0.05) is 17.1 Å². The van der Waals surface area contributed by atoms with Gasteiger partial charge in [-0.05, 0) is 36.4 Å². The second kappa shape index (κ2) is 4.04. The predicted molar refractivity (Wildman–Crippen MR) is 69.8 cm³/mol. The standard InChI is InChI=1S/C15H11NO2/c17-13-7-5-12(6-8-13)15(18)16-10-9-11-3-1-2-4-14(11)16/h1-10,17H. The number of aromatic nitrogens is 1. The van der Waals surface area contributed by atoms with Crippen molar-refractivity contribution < 1.29 is 9.90 Å². The molecule has 1 heterocycles. The Morgan fingerprint density at radius 1 is 0.944 bits per heavy atom. The van der Waals surface area contributed by atoms with E-state index in [2.05, 4.69) is 0 Å². The molecule has 0 aliphatic carbocycles. The van der Waals surface area contributed by atoms with Crippen LogP contribution >= 0.6 is 0 Å². The number of phenolic OH excluding ortho intramolecular Hbond substituents is 1. The number of para-hydroxylation sites is 1. The Balaban J connectivity index is 2.09. The van der Waals surface area contributed by atoms with E-state index in [1.165, 1.54) is 12.1 Å². The van der Waals surface area contributed by atoms with Crippen LogP contribution in [0.15, 0.2) is 60.8 Å². The van der Waals surface area contributed by atoms with Crippen LogP contribution < -0.4 is 0 Å². The van der Waals surface area contributed by atoms with Crippen molar-refractivity contribution in [2.75, 3.05) is 0 Å². The maximum absolute atomic E-state index is 12.3. The molecule has 0 radical (unpaired) electrons. The average Bonchev–Trinajstić information content (AvgIpc) is 2.82. The summed E-state index contributed by atoms with van der Waals surface area (Å²) in [7, 11) is 0. The van der Waals surface area contributed by atoms with Crippen LogP contribution in [0.3, 0.4) is 0 Å². The molecule has 0 fully saturated rings. The molecule has 3 rings (SSSR count). The molecule has 0 aliphatic rings. The molecule has 0 aliphatic heterocycles. The normalized spacial score (nSPS) is 10.7. The lowest BCUT2D eigenvalue weighted by Gasteiger charge is -2.04. The minimum atomic E-state index is -0.101. The third-order valence-corrected chi connectivity index (χ3v) is 2.93. The Hall–Kier alpha value is -2.55. The average molecular weight is 237 g/mol. The number of nitrogens with zero attached hydrogens (tertiary/aromatic N) is 1. The minimum Gasteiger partial charge on any atom is -0.508 e. The molecular formula is C15H11NO2. The summed E-state index contributed by atoms with van der Waals surface area (Å²) in [4.78, 5) is 12.3. The lowest BCUT2D eigenvalue weighted by Crippen LogP contribution is -2.10. The largest absolute Gasteiger partial charge is 0.508 e. The van der Waals surface area contributed by atoms with E-state index in [1.807, 2.05) is 30.3 Å². The molecule has 3 heteroatoms. The van der Waals surface area contributed by atoms with Gasteiger partial charge in [-0.1, -0.05) is 18.2 Å². The lowest BCUT2D eigenvalue weighted by atomic mass is 10.2. The number of benzene rings is 2. The van der Waals surface area contributed by atoms with Gasteiger partial charge in [-0.15, -0.1) is 0 Å². The van der Waals surface area contributed by atoms with Crippen LogP contribution in [0, 0.1) is 0 Å². The summed E-state index contributed by atoms with van der Waals surface area (Å²) in [5.41, 5.74) is 1.43. The van der Waals surface area contributed by atoms with Crippen molar-refractivity contribution in [1.29, 1.82) is 0 Å². The number of carbonyl (C=O) groups excluding carboxylic acids is 1. The molecule has 88 valence electrons. The summed E-state index contributed by atoms with van der Waals surface area (Å²) in [5.74, 6) is 0.0557. The number of aromatic hydroxyl groups is 1. The summed E-state index contributed by atoms with van der Waals surface area (Å²) in [5, 5.41) is 10.3. The van der Waals surface area contributed by atoms with Crippen molar-refractivity contribution in [3.63, 3.8) is 0 Å². The van der Waals surface area contributed by atoms with Gasteiger partial charge < -0.3 is 5.11 Å². The first-order chi connectivity index (χ1) is 8.75. The van der Waals surface area contributed by atoms with Crippen molar-refractivity contribution in [3.8, 4) is 5.75 Å². The van der Waals surface area contributed by atoms with Gasteiger partial charge in [-0.2, -0.15) is 0 Å². The van der Waals surface area contributed by atoms with E-state index in [9.17, 15) is 9.90 Å². The van der Waals surface area contributed by atoms with Gasteiger partial charge in [-0.25, -0.2) is 0 Å². The zero-order valence-corrected chi connectivity index (χ0v) is 9.58. The highest BCUT2D eigenvalue weighted by Crippen LogP contribution is 2.18. The fourth-order valence-corrected chi connectivity index (χ4v) is 2.00. The first-order valence-corrected chi connectivity index (χ1v) is 5.65. The first kappa shape index (κ1) is 10.6. The van der Waals surface area contributed by atoms with Crippen molar-refractivity contribution in [2.45, 2.75) is 0 Å². The highest BCUT2D eigenvalue weighted by Gasteiger charge is 2.10. The molecule has 3 nitrogen and oxygen atoms in total. The summed E-state index contributed by atoms with van der Waals surface area (Å²) in [6, 6.07) is 15.9. The Morgan fingerprint density at radius 2 is 1.67 bits per heavy atom. The van der Waals surface area contributed by atoms with E-state index in [1.54, 1.807) is 22.9 Å². The fourth-order valence-electron chi connectivity index (χ4n) is 2.00. The SMILES string of the molecule is O=C(c1ccc(O)cc1)n1ccc2ccccc21. The predicted octanol–water partition coefficient (Wildman–Crippen LogP) is 3.04. The van der Waals surface area contributed by atoms with E-state index in [-0.39, 0.29) is 11.7 Å². The maximum atomic E-state index is 12.3. The zero-order chi connectivity index (χ0) is 12.5. The molecule has 1 aromatic heterocycles. The molecule has 0 spiro atoms. The Morgan fingerprint density at radius 3 is 2.44 bits per heavy atom. The van der Waals surface area contributed by atoms with E-state index >= 15 is 0 Å². The highest BCUT2D eigenvalue weighted by molar-refractivity contribution is 6.02. The van der Waals surface area contributed by atoms with Gasteiger partial charge in [0.1, 0.15) is 5.75 Å². The van der Waals surface area contributed by atoms with Crippen LogP contribution in [-0.2, 0) is 0 Å². The minimum absolute atomic E-state index is 0.101. The number of hydrogen-bond donors (Lipinski definition) is 1. The van der Waals surface area contributed by atoms with Crippen LogP contribution in [0.5, 0.6) is 5.75 Å². The van der Waals surface area contributed by atoms with E-state index in [4.69, 9.17) is 0 Å². The molecule has 1 N–H and O–H groups in total. The topological polar surface area (TPSA) is 42.2 Å². The third-order valence-electron chi connectivity index (χ3n) is 2.93. The number of fused-ring (bicyclic) bond motifs is 1. The molecular weight excluding hydrogens is 226 g/mol. The summed E-state index contributed by atoms with van der Waals surface area (Å²) in [6.45, 7) is 0. The van der Waals surface area contributed by atoms with Gasteiger partial charge in [-0.3, -0.25) is 9.36 Å². The van der Waals surface area contributed by atoms with E-state index in [0.717, 1.165) is 10.9 Å². The molecule has 18 heavy (non-hydrogen) atoms. The monoisotopic (exact) mass is 237 g/mol. The summed E-state index contributed by atoms with van der Waals surface area (Å²) >= 11 is 0. The number of rotatable bonds is 1. The molecule has 3 aromatic rings. The molecule has 0 atom stereocenters. The molecule has 0 saturated carbocycles. The summed E-state index contributed by atoms with van der Waals surface area (Å²) in [6.07, 6.45) is 1.76. The van der Waals surface area contributed by atoms with Crippen LogP contribution in [-0.4, -0.2) is 15.6 Å². The van der Waals surface area contributed by atoms with Crippen molar-refractivity contribution in [1.82, 2.24) is 4.57 Å². The maximum Gasteiger partial charge on any atom is 0.262 e. The number of hydrogen-bond acceptors (Lipinski definition) is 2. The summed E-state index contributed by atoms with van der Waals surface area (Å²) < 4.78 is 1.61. The van der Waals surface area contributed by atoms with Gasteiger partial charge in [0.05, 0.1) is 5.52 Å². The van der Waals surface area contributed by atoms with Gasteiger partial charge >= 0.3 is 0 Å². The zero-order valence-electron chi connectivity index (χ0n) is 9.58. The van der Waals surface area contributed by atoms with Crippen molar-refractivity contribution >= 4 is 16.8 Å². The Labute approximate surface area is 104 Å². The molecule has 0 saturated heterocycles. The second-order valence-electron chi connectivity index (χ2n) is 4.10. The smallest absolute Gasteiger partial charge is 0.262 e. The fraction of sp³-hybridized carbons (Fsp3) is 0. The lowest BCUT2D eigenvalue weighted by molar-refractivity contribution is 0.0965. The van der Waals surface area contributed by atoms with E-state index in [0.29, 0.717) is 5.56 Å². The second-order valence-corrected chi connectivity index (χ2v) is 4.10. The third kappa shape index (κ3) is 1.66. The van der Waals surface area contributed by atoms with Crippen molar-refractivity contribution in [2.24, 2.45) is 0 Å². The Bertz CT molecular complexity index is 711. The Kier molecular flexibility index (Phi) is 2.38. The van der Waals surface area contributed by atoms with Crippen LogP contribution in [0.25, 0.3) is 10.9 Å². The molecule has 0 bridgehead atoms. The number of carbonyl (C=O) groups is 1. The van der Waals surface area contributed by atoms with Gasteiger partial charge in [0.15, 0.2) is 0 Å². The van der Waals surface area contributed by atoms with E-state index < -0.39 is 0 Å². The van der Waals surface area contributed by atoms with Gasteiger partial charge in [0.25, 0.3) is 5.91 Å². The van der Waals surface area contributed by atoms with Gasteiger partial charge in [0.2, 0.25) is 0 Å². The van der Waals surface area contributed by atoms with Crippen LogP contribution in [0.1, 0.15) is 10.4 Å². The molecule has 0 unspecified atom stereocenters. The highest BCUT2D eigenvalue weighted by atomic mass is 16.3. The first-order valence-electron chi connectivity index (χ1n) is 5.65. The van der Waals surface area contributed by atoms with Crippen LogP contribution in [0.4, 0.5) is 0 Å². The van der Waals surface area contributed by atoms with Crippen molar-refractivity contribution in [3.05, 3.63) is 66.4 Å². The molecule has 0 amide bonds. The molecule has 2 aromatic carbocycles.